The second kappa shape index (κ2) is 5.35. The molecule has 1 aliphatic carbocycles. The van der Waals surface area contributed by atoms with Gasteiger partial charge < -0.3 is 5.73 Å². The maximum absolute atomic E-state index is 13.2. The Morgan fingerprint density at radius 2 is 1.89 bits per heavy atom. The van der Waals surface area contributed by atoms with Crippen molar-refractivity contribution < 1.29 is 8.78 Å². The van der Waals surface area contributed by atoms with E-state index in [1.165, 1.54) is 25.0 Å². The molecule has 0 spiro atoms. The number of rotatable bonds is 4. The van der Waals surface area contributed by atoms with Crippen molar-refractivity contribution in [2.24, 2.45) is 11.1 Å². The lowest BCUT2D eigenvalue weighted by Gasteiger charge is -2.34. The van der Waals surface area contributed by atoms with Crippen LogP contribution in [0.15, 0.2) is 18.2 Å². The normalized spacial score (nSPS) is 20.0. The largest absolute Gasteiger partial charge is 0.327 e. The highest BCUT2D eigenvalue weighted by molar-refractivity contribution is 5.19. The Balaban J connectivity index is 2.10. The quantitative estimate of drug-likeness (QED) is 0.867. The Morgan fingerprint density at radius 1 is 1.22 bits per heavy atom. The van der Waals surface area contributed by atoms with Gasteiger partial charge in [-0.05, 0) is 48.8 Å². The van der Waals surface area contributed by atoms with Gasteiger partial charge in [-0.15, -0.1) is 0 Å². The van der Waals surface area contributed by atoms with Crippen molar-refractivity contribution in [3.63, 3.8) is 0 Å². The maximum atomic E-state index is 13.2. The number of nitrogens with two attached hydrogens (primary N) is 1. The number of hydrogen-bond acceptors (Lipinski definition) is 1. The summed E-state index contributed by atoms with van der Waals surface area (Å²) in [7, 11) is 0. The molecular weight excluding hydrogens is 232 g/mol. The molecule has 0 aromatic heterocycles. The number of benzene rings is 1. The minimum atomic E-state index is -0.793. The molecule has 1 aromatic carbocycles. The Hall–Kier alpha value is -0.960. The molecular formula is C15H21F2N. The Kier molecular flexibility index (Phi) is 4.00. The summed E-state index contributed by atoms with van der Waals surface area (Å²) in [5.41, 5.74) is 7.32. The molecule has 18 heavy (non-hydrogen) atoms. The summed E-state index contributed by atoms with van der Waals surface area (Å²) >= 11 is 0. The fourth-order valence-corrected chi connectivity index (χ4v) is 3.20. The molecule has 2 N–H and O–H groups in total. The Morgan fingerprint density at radius 3 is 2.44 bits per heavy atom. The highest BCUT2D eigenvalue weighted by Gasteiger charge is 2.37. The van der Waals surface area contributed by atoms with Crippen molar-refractivity contribution >= 4 is 0 Å². The van der Waals surface area contributed by atoms with Crippen LogP contribution in [0.25, 0.3) is 0 Å². The van der Waals surface area contributed by atoms with E-state index in [4.69, 9.17) is 5.73 Å². The lowest BCUT2D eigenvalue weighted by molar-refractivity contribution is 0.218. The third-order valence-electron chi connectivity index (χ3n) is 4.53. The molecule has 1 aromatic rings. The van der Waals surface area contributed by atoms with E-state index >= 15 is 0 Å². The molecule has 0 bridgehead atoms. The molecule has 1 saturated carbocycles. The lowest BCUT2D eigenvalue weighted by Crippen LogP contribution is -2.41. The van der Waals surface area contributed by atoms with Crippen molar-refractivity contribution in [2.45, 2.75) is 51.5 Å². The summed E-state index contributed by atoms with van der Waals surface area (Å²) in [6.45, 7) is 2.18. The van der Waals surface area contributed by atoms with E-state index in [1.54, 1.807) is 6.07 Å². The van der Waals surface area contributed by atoms with Crippen molar-refractivity contribution in [3.05, 3.63) is 35.4 Å². The van der Waals surface area contributed by atoms with Crippen LogP contribution >= 0.6 is 0 Å². The van der Waals surface area contributed by atoms with E-state index in [0.717, 1.165) is 24.8 Å². The topological polar surface area (TPSA) is 26.0 Å². The molecule has 0 saturated heterocycles. The van der Waals surface area contributed by atoms with Gasteiger partial charge in [-0.3, -0.25) is 0 Å². The van der Waals surface area contributed by atoms with E-state index in [1.807, 2.05) is 0 Å². The van der Waals surface area contributed by atoms with Crippen LogP contribution in [0.2, 0.25) is 0 Å². The number of hydrogen-bond donors (Lipinski definition) is 1. The van der Waals surface area contributed by atoms with Crippen LogP contribution in [0.5, 0.6) is 0 Å². The van der Waals surface area contributed by atoms with Gasteiger partial charge in [0.1, 0.15) is 0 Å². The van der Waals surface area contributed by atoms with E-state index < -0.39 is 11.6 Å². The van der Waals surface area contributed by atoms with Gasteiger partial charge in [0.05, 0.1) is 0 Å². The first-order chi connectivity index (χ1) is 8.57. The summed E-state index contributed by atoms with van der Waals surface area (Å²) < 4.78 is 26.0. The predicted molar refractivity (Wildman–Crippen MR) is 69.2 cm³/mol. The average molecular weight is 253 g/mol. The maximum Gasteiger partial charge on any atom is 0.159 e. The predicted octanol–water partition coefficient (Wildman–Crippen LogP) is 3.81. The van der Waals surface area contributed by atoms with E-state index in [2.05, 4.69) is 6.92 Å². The molecule has 2 rings (SSSR count). The molecule has 0 amide bonds. The first-order valence-corrected chi connectivity index (χ1v) is 6.77. The zero-order chi connectivity index (χ0) is 13.2. The van der Waals surface area contributed by atoms with Crippen LogP contribution in [0.3, 0.4) is 0 Å². The van der Waals surface area contributed by atoms with Crippen LogP contribution in [-0.2, 0) is 6.42 Å². The van der Waals surface area contributed by atoms with Crippen LogP contribution in [0, 0.1) is 17.0 Å². The molecule has 3 heteroatoms. The second-order valence-electron chi connectivity index (χ2n) is 5.48. The SMILES string of the molecule is CCC1(C(N)Cc2ccc(F)c(F)c2)CCCC1. The van der Waals surface area contributed by atoms with Crippen LogP contribution in [0.4, 0.5) is 8.78 Å². The van der Waals surface area contributed by atoms with Crippen LogP contribution in [0.1, 0.15) is 44.6 Å². The zero-order valence-corrected chi connectivity index (χ0v) is 10.9. The Labute approximate surface area is 107 Å². The van der Waals surface area contributed by atoms with Gasteiger partial charge in [0, 0.05) is 6.04 Å². The monoisotopic (exact) mass is 253 g/mol. The fraction of sp³-hybridized carbons (Fsp3) is 0.600. The van der Waals surface area contributed by atoms with Gasteiger partial charge in [0.25, 0.3) is 0 Å². The van der Waals surface area contributed by atoms with Crippen LogP contribution < -0.4 is 5.73 Å². The Bertz CT molecular complexity index is 411. The summed E-state index contributed by atoms with van der Waals surface area (Å²) in [4.78, 5) is 0. The summed E-state index contributed by atoms with van der Waals surface area (Å²) in [5.74, 6) is -1.57. The highest BCUT2D eigenvalue weighted by atomic mass is 19.2. The van der Waals surface area contributed by atoms with E-state index in [9.17, 15) is 8.78 Å². The number of halogens is 2. The van der Waals surface area contributed by atoms with Crippen molar-refractivity contribution in [2.75, 3.05) is 0 Å². The van der Waals surface area contributed by atoms with Crippen LogP contribution in [-0.4, -0.2) is 6.04 Å². The highest BCUT2D eigenvalue weighted by Crippen LogP contribution is 2.43. The summed E-state index contributed by atoms with van der Waals surface area (Å²) in [6.07, 6.45) is 6.49. The summed E-state index contributed by atoms with van der Waals surface area (Å²) in [6, 6.07) is 4.13. The molecule has 0 radical (unpaired) electrons. The molecule has 1 atom stereocenters. The van der Waals surface area contributed by atoms with E-state index in [-0.39, 0.29) is 11.5 Å². The van der Waals surface area contributed by atoms with Gasteiger partial charge >= 0.3 is 0 Å². The molecule has 1 nitrogen and oxygen atoms in total. The fourth-order valence-electron chi connectivity index (χ4n) is 3.20. The molecule has 1 unspecified atom stereocenters. The third kappa shape index (κ3) is 2.56. The minimum Gasteiger partial charge on any atom is -0.327 e. The first kappa shape index (κ1) is 13.5. The van der Waals surface area contributed by atoms with E-state index in [0.29, 0.717) is 6.42 Å². The second-order valence-corrected chi connectivity index (χ2v) is 5.48. The van der Waals surface area contributed by atoms with Crippen molar-refractivity contribution in [3.8, 4) is 0 Å². The lowest BCUT2D eigenvalue weighted by atomic mass is 9.74. The van der Waals surface area contributed by atoms with Crippen molar-refractivity contribution in [1.29, 1.82) is 0 Å². The molecule has 0 heterocycles. The first-order valence-electron chi connectivity index (χ1n) is 6.77. The molecule has 0 aliphatic heterocycles. The zero-order valence-electron chi connectivity index (χ0n) is 10.9. The average Bonchev–Trinajstić information content (AvgIpc) is 2.84. The molecule has 100 valence electrons. The summed E-state index contributed by atoms with van der Waals surface area (Å²) in [5, 5.41) is 0. The molecule has 1 fully saturated rings. The van der Waals surface area contributed by atoms with Gasteiger partial charge in [-0.2, -0.15) is 0 Å². The van der Waals surface area contributed by atoms with Gasteiger partial charge in [-0.1, -0.05) is 25.8 Å². The van der Waals surface area contributed by atoms with Gasteiger partial charge in [0.2, 0.25) is 0 Å². The minimum absolute atomic E-state index is 0.0369. The van der Waals surface area contributed by atoms with Gasteiger partial charge in [-0.25, -0.2) is 8.78 Å². The third-order valence-corrected chi connectivity index (χ3v) is 4.53. The standard InChI is InChI=1S/C15H21F2N/c1-2-15(7-3-4-8-15)14(18)10-11-5-6-12(16)13(17)9-11/h5-6,9,14H,2-4,7-8,10,18H2,1H3. The molecule has 1 aliphatic rings. The van der Waals surface area contributed by atoms with Gasteiger partial charge in [0.15, 0.2) is 11.6 Å². The van der Waals surface area contributed by atoms with Crippen molar-refractivity contribution in [1.82, 2.24) is 0 Å². The smallest absolute Gasteiger partial charge is 0.159 e.